The number of nitro groups is 1. The lowest BCUT2D eigenvalue weighted by Gasteiger charge is -2.24. The van der Waals surface area contributed by atoms with Crippen molar-refractivity contribution in [2.24, 2.45) is 4.99 Å². The van der Waals surface area contributed by atoms with Gasteiger partial charge in [0.1, 0.15) is 6.61 Å². The maximum absolute atomic E-state index is 13.9. The summed E-state index contributed by atoms with van der Waals surface area (Å²) in [5.41, 5.74) is 3.39. The van der Waals surface area contributed by atoms with Crippen molar-refractivity contribution in [1.29, 1.82) is 0 Å². The Morgan fingerprint density at radius 1 is 1.16 bits per heavy atom. The predicted octanol–water partition coefficient (Wildman–Crippen LogP) is 5.26. The van der Waals surface area contributed by atoms with E-state index in [1.807, 2.05) is 31.2 Å². The van der Waals surface area contributed by atoms with Crippen LogP contribution < -0.4 is 24.4 Å². The largest absolute Gasteiger partial charge is 0.493 e. The van der Waals surface area contributed by atoms with Crippen LogP contribution in [-0.4, -0.2) is 29.2 Å². The van der Waals surface area contributed by atoms with E-state index in [1.54, 1.807) is 44.2 Å². The SMILES string of the molecule is CCOC(=O)C1=C(C)N=c2s/c(=C/c3cc(Cl)c(OCc4cccc([N+](=O)[O-])c4)c(OC)c3)c(=O)n2[C@H]1c1ccc(C)cc1. The molecular formula is C32H28ClN3O7S. The Morgan fingerprint density at radius 3 is 2.59 bits per heavy atom. The molecule has 44 heavy (non-hydrogen) atoms. The van der Waals surface area contributed by atoms with Crippen LogP contribution >= 0.6 is 22.9 Å². The zero-order chi connectivity index (χ0) is 31.5. The second kappa shape index (κ2) is 12.9. The molecule has 0 aliphatic carbocycles. The van der Waals surface area contributed by atoms with Crippen molar-refractivity contribution in [2.45, 2.75) is 33.4 Å². The number of benzene rings is 3. The van der Waals surface area contributed by atoms with Gasteiger partial charge in [0.15, 0.2) is 16.3 Å². The van der Waals surface area contributed by atoms with Gasteiger partial charge in [0, 0.05) is 12.1 Å². The van der Waals surface area contributed by atoms with E-state index >= 15 is 0 Å². The van der Waals surface area contributed by atoms with Crippen LogP contribution in [0.4, 0.5) is 5.69 Å². The number of fused-ring (bicyclic) bond motifs is 1. The lowest BCUT2D eigenvalue weighted by atomic mass is 9.95. The molecule has 0 N–H and O–H groups in total. The van der Waals surface area contributed by atoms with Crippen LogP contribution in [0.5, 0.6) is 11.5 Å². The number of thiazole rings is 1. The van der Waals surface area contributed by atoms with E-state index in [4.69, 9.17) is 25.8 Å². The van der Waals surface area contributed by atoms with Gasteiger partial charge < -0.3 is 14.2 Å². The zero-order valence-corrected chi connectivity index (χ0v) is 25.9. The molecule has 226 valence electrons. The molecule has 1 aliphatic heterocycles. The van der Waals surface area contributed by atoms with Crippen molar-refractivity contribution in [3.63, 3.8) is 0 Å². The average molecular weight is 634 g/mol. The summed E-state index contributed by atoms with van der Waals surface area (Å²) < 4.78 is 18.7. The van der Waals surface area contributed by atoms with Gasteiger partial charge in [-0.05, 0) is 55.7 Å². The molecule has 3 aromatic carbocycles. The van der Waals surface area contributed by atoms with Crippen LogP contribution in [0, 0.1) is 17.0 Å². The zero-order valence-electron chi connectivity index (χ0n) is 24.3. The van der Waals surface area contributed by atoms with E-state index in [0.717, 1.165) is 11.1 Å². The van der Waals surface area contributed by atoms with Crippen LogP contribution in [0.15, 0.2) is 81.7 Å². The fourth-order valence-electron chi connectivity index (χ4n) is 4.89. The topological polar surface area (TPSA) is 122 Å². The number of rotatable bonds is 9. The average Bonchev–Trinajstić information content (AvgIpc) is 3.30. The molecule has 5 rings (SSSR count). The Bertz CT molecular complexity index is 1980. The molecule has 0 amide bonds. The van der Waals surface area contributed by atoms with Crippen molar-refractivity contribution in [3.8, 4) is 11.5 Å². The van der Waals surface area contributed by atoms with Gasteiger partial charge in [-0.1, -0.05) is 64.9 Å². The molecule has 1 aromatic heterocycles. The highest BCUT2D eigenvalue weighted by Gasteiger charge is 2.33. The fraction of sp³-hybridized carbons (Fsp3) is 0.219. The van der Waals surface area contributed by atoms with E-state index in [2.05, 4.69) is 4.99 Å². The standard InChI is InChI=1S/C32H28ClN3O7S/c1-5-42-31(38)27-19(3)34-32-35(28(27)22-11-9-18(2)10-12-22)30(37)26(44-32)16-21-14-24(33)29(25(15-21)41-4)43-17-20-7-6-8-23(13-20)36(39)40/h6-16,28H,5,17H2,1-4H3/b26-16+/t28-/m0/s1. The van der Waals surface area contributed by atoms with E-state index < -0.39 is 16.9 Å². The summed E-state index contributed by atoms with van der Waals surface area (Å²) in [6.07, 6.45) is 1.68. The van der Waals surface area contributed by atoms with Crippen molar-refractivity contribution in [1.82, 2.24) is 4.57 Å². The molecule has 0 bridgehead atoms. The number of aromatic nitrogens is 1. The molecule has 4 aromatic rings. The quantitative estimate of drug-likeness (QED) is 0.140. The molecule has 0 spiro atoms. The molecule has 0 fully saturated rings. The number of nitrogens with zero attached hydrogens (tertiary/aromatic N) is 3. The minimum Gasteiger partial charge on any atom is -0.493 e. The molecule has 0 radical (unpaired) electrons. The highest BCUT2D eigenvalue weighted by molar-refractivity contribution is 7.07. The molecule has 0 saturated carbocycles. The highest BCUT2D eigenvalue weighted by atomic mass is 35.5. The summed E-state index contributed by atoms with van der Waals surface area (Å²) >= 11 is 7.79. The van der Waals surface area contributed by atoms with Crippen LogP contribution in [0.25, 0.3) is 6.08 Å². The van der Waals surface area contributed by atoms with Gasteiger partial charge in [-0.3, -0.25) is 19.5 Å². The Hall–Kier alpha value is -4.74. The number of ether oxygens (including phenoxy) is 3. The number of non-ortho nitro benzene ring substituents is 1. The number of carbonyl (C=O) groups excluding carboxylic acids is 1. The van der Waals surface area contributed by atoms with Gasteiger partial charge in [-0.2, -0.15) is 0 Å². The van der Waals surface area contributed by atoms with Crippen molar-refractivity contribution >= 4 is 40.7 Å². The van der Waals surface area contributed by atoms with Crippen LogP contribution in [0.2, 0.25) is 5.02 Å². The molecule has 1 atom stereocenters. The first-order chi connectivity index (χ1) is 21.1. The van der Waals surface area contributed by atoms with Crippen molar-refractivity contribution in [3.05, 3.63) is 129 Å². The maximum atomic E-state index is 13.9. The van der Waals surface area contributed by atoms with E-state index in [-0.39, 0.29) is 35.2 Å². The molecule has 2 heterocycles. The van der Waals surface area contributed by atoms with Gasteiger partial charge >= 0.3 is 5.97 Å². The number of nitro benzene ring substituents is 1. The Morgan fingerprint density at radius 2 is 1.91 bits per heavy atom. The summed E-state index contributed by atoms with van der Waals surface area (Å²) in [6, 6.07) is 16.4. The first-order valence-electron chi connectivity index (χ1n) is 13.6. The highest BCUT2D eigenvalue weighted by Crippen LogP contribution is 2.37. The van der Waals surface area contributed by atoms with Crippen molar-refractivity contribution < 1.29 is 23.9 Å². The van der Waals surface area contributed by atoms with E-state index in [1.165, 1.54) is 35.1 Å². The molecule has 0 saturated heterocycles. The fourth-order valence-corrected chi connectivity index (χ4v) is 6.21. The molecule has 1 aliphatic rings. The third kappa shape index (κ3) is 6.15. The number of carbonyl (C=O) groups is 1. The molecule has 10 nitrogen and oxygen atoms in total. The van der Waals surface area contributed by atoms with Gasteiger partial charge in [-0.25, -0.2) is 9.79 Å². The van der Waals surface area contributed by atoms with Gasteiger partial charge in [-0.15, -0.1) is 0 Å². The van der Waals surface area contributed by atoms with E-state index in [9.17, 15) is 19.7 Å². The lowest BCUT2D eigenvalue weighted by Crippen LogP contribution is -2.39. The number of halogens is 1. The minimum atomic E-state index is -0.712. The number of esters is 1. The summed E-state index contributed by atoms with van der Waals surface area (Å²) in [5, 5.41) is 11.3. The Kier molecular flexibility index (Phi) is 8.98. The maximum Gasteiger partial charge on any atom is 0.338 e. The third-order valence-corrected chi connectivity index (χ3v) is 8.23. The Labute approximate surface area is 261 Å². The normalized spacial score (nSPS) is 14.6. The van der Waals surface area contributed by atoms with Crippen molar-refractivity contribution in [2.75, 3.05) is 13.7 Å². The number of allylic oxidation sites excluding steroid dienone is 1. The predicted molar refractivity (Wildman–Crippen MR) is 167 cm³/mol. The van der Waals surface area contributed by atoms with Gasteiger partial charge in [0.2, 0.25) is 0 Å². The molecule has 0 unspecified atom stereocenters. The summed E-state index contributed by atoms with van der Waals surface area (Å²) in [6.45, 7) is 5.64. The van der Waals surface area contributed by atoms with Gasteiger partial charge in [0.05, 0.1) is 45.5 Å². The second-order valence-corrected chi connectivity index (χ2v) is 11.4. The number of methoxy groups -OCH3 is 1. The van der Waals surface area contributed by atoms with E-state index in [0.29, 0.717) is 37.5 Å². The molecular weight excluding hydrogens is 606 g/mol. The summed E-state index contributed by atoms with van der Waals surface area (Å²) in [4.78, 5) is 42.7. The smallest absolute Gasteiger partial charge is 0.338 e. The first-order valence-corrected chi connectivity index (χ1v) is 14.8. The number of hydrogen-bond donors (Lipinski definition) is 0. The summed E-state index contributed by atoms with van der Waals surface area (Å²) in [7, 11) is 1.46. The second-order valence-electron chi connectivity index (χ2n) is 9.96. The first kappa shape index (κ1) is 30.7. The summed E-state index contributed by atoms with van der Waals surface area (Å²) in [5.74, 6) is 0.0547. The molecule has 12 heteroatoms. The Balaban J connectivity index is 1.55. The number of hydrogen-bond acceptors (Lipinski definition) is 9. The van der Waals surface area contributed by atoms with Crippen LogP contribution in [0.3, 0.4) is 0 Å². The number of aryl methyl sites for hydroxylation is 1. The monoisotopic (exact) mass is 633 g/mol. The van der Waals surface area contributed by atoms with Crippen LogP contribution in [0.1, 0.15) is 42.1 Å². The third-order valence-electron chi connectivity index (χ3n) is 6.96. The van der Waals surface area contributed by atoms with Crippen LogP contribution in [-0.2, 0) is 16.1 Å². The minimum absolute atomic E-state index is 0.0247. The lowest BCUT2D eigenvalue weighted by molar-refractivity contribution is -0.384. The van der Waals surface area contributed by atoms with Gasteiger partial charge in [0.25, 0.3) is 11.2 Å².